The fraction of sp³-hybridized carbons (Fsp3) is 0.917. The van der Waals surface area contributed by atoms with E-state index in [2.05, 4.69) is 20.8 Å². The first kappa shape index (κ1) is 12.3. The van der Waals surface area contributed by atoms with Crippen LogP contribution in [0.3, 0.4) is 0 Å². The van der Waals surface area contributed by atoms with E-state index in [-0.39, 0.29) is 5.96 Å². The summed E-state index contributed by atoms with van der Waals surface area (Å²) in [7, 11) is 0. The van der Waals surface area contributed by atoms with Gasteiger partial charge < -0.3 is 10.6 Å². The van der Waals surface area contributed by atoms with Crippen LogP contribution in [-0.4, -0.2) is 23.9 Å². The maximum atomic E-state index is 7.44. The molecule has 0 aromatic heterocycles. The third-order valence-corrected chi connectivity index (χ3v) is 3.16. The Kier molecular flexibility index (Phi) is 4.00. The van der Waals surface area contributed by atoms with Gasteiger partial charge in [0.05, 0.1) is 0 Å². The van der Waals surface area contributed by atoms with E-state index in [0.29, 0.717) is 5.41 Å². The molecule has 1 saturated heterocycles. The molecule has 15 heavy (non-hydrogen) atoms. The lowest BCUT2D eigenvalue weighted by Gasteiger charge is -2.34. The van der Waals surface area contributed by atoms with Crippen LogP contribution in [0.5, 0.6) is 0 Å². The quantitative estimate of drug-likeness (QED) is 0.544. The molecule has 1 heterocycles. The Morgan fingerprint density at radius 3 is 2.67 bits per heavy atom. The molecule has 0 bridgehead atoms. The highest BCUT2D eigenvalue weighted by Crippen LogP contribution is 2.27. The Hall–Kier alpha value is -0.730. The van der Waals surface area contributed by atoms with E-state index in [4.69, 9.17) is 11.1 Å². The van der Waals surface area contributed by atoms with E-state index >= 15 is 0 Å². The van der Waals surface area contributed by atoms with Gasteiger partial charge in [0.25, 0.3) is 0 Å². The lowest BCUT2D eigenvalue weighted by atomic mass is 9.84. The highest BCUT2D eigenvalue weighted by molar-refractivity contribution is 5.74. The summed E-state index contributed by atoms with van der Waals surface area (Å²) in [6.45, 7) is 8.84. The maximum absolute atomic E-state index is 7.44. The van der Waals surface area contributed by atoms with Crippen molar-refractivity contribution in [1.82, 2.24) is 4.90 Å². The Balaban J connectivity index is 2.34. The zero-order valence-electron chi connectivity index (χ0n) is 10.3. The fourth-order valence-corrected chi connectivity index (χ4v) is 2.16. The van der Waals surface area contributed by atoms with Crippen molar-refractivity contribution >= 4 is 5.96 Å². The number of likely N-dealkylation sites (tertiary alicyclic amines) is 1. The molecule has 1 atom stereocenters. The first-order chi connectivity index (χ1) is 6.88. The van der Waals surface area contributed by atoms with Crippen molar-refractivity contribution in [1.29, 1.82) is 5.41 Å². The minimum atomic E-state index is 0.246. The average Bonchev–Trinajstić information content (AvgIpc) is 2.14. The average molecular weight is 211 g/mol. The first-order valence-corrected chi connectivity index (χ1v) is 5.97. The molecule has 1 rings (SSSR count). The van der Waals surface area contributed by atoms with Gasteiger partial charge in [0.15, 0.2) is 5.96 Å². The molecule has 0 spiro atoms. The van der Waals surface area contributed by atoms with Gasteiger partial charge in [-0.25, -0.2) is 0 Å². The van der Waals surface area contributed by atoms with Crippen molar-refractivity contribution in [2.24, 2.45) is 17.1 Å². The SMILES string of the molecule is CC(C)(C)CCC1CCCN(C(=N)N)C1. The molecular formula is C12H25N3. The summed E-state index contributed by atoms with van der Waals surface area (Å²) in [6, 6.07) is 0. The van der Waals surface area contributed by atoms with Crippen molar-refractivity contribution in [3.63, 3.8) is 0 Å². The third kappa shape index (κ3) is 4.54. The Bertz CT molecular complexity index is 217. The normalized spacial score (nSPS) is 22.9. The van der Waals surface area contributed by atoms with Crippen molar-refractivity contribution in [3.8, 4) is 0 Å². The molecule has 3 heteroatoms. The second kappa shape index (κ2) is 4.86. The summed E-state index contributed by atoms with van der Waals surface area (Å²) >= 11 is 0. The van der Waals surface area contributed by atoms with Gasteiger partial charge in [-0.05, 0) is 37.0 Å². The molecular weight excluding hydrogens is 186 g/mol. The smallest absolute Gasteiger partial charge is 0.188 e. The second-order valence-corrected chi connectivity index (χ2v) is 5.94. The number of rotatable bonds is 2. The summed E-state index contributed by atoms with van der Waals surface area (Å²) in [4.78, 5) is 2.01. The van der Waals surface area contributed by atoms with Gasteiger partial charge in [-0.1, -0.05) is 20.8 Å². The van der Waals surface area contributed by atoms with Crippen LogP contribution in [0.25, 0.3) is 0 Å². The van der Waals surface area contributed by atoms with Crippen LogP contribution in [0, 0.1) is 16.7 Å². The highest BCUT2D eigenvalue weighted by atomic mass is 15.2. The molecule has 1 aliphatic rings. The first-order valence-electron chi connectivity index (χ1n) is 5.97. The standard InChI is InChI=1S/C12H25N3/c1-12(2,3)7-6-10-5-4-8-15(9-10)11(13)14/h10H,4-9H2,1-3H3,(H3,13,14). The summed E-state index contributed by atoms with van der Waals surface area (Å²) < 4.78 is 0. The van der Waals surface area contributed by atoms with Gasteiger partial charge in [-0.2, -0.15) is 0 Å². The van der Waals surface area contributed by atoms with Gasteiger partial charge in [0.1, 0.15) is 0 Å². The van der Waals surface area contributed by atoms with Crippen LogP contribution < -0.4 is 5.73 Å². The second-order valence-electron chi connectivity index (χ2n) is 5.94. The van der Waals surface area contributed by atoms with Crippen LogP contribution in [0.4, 0.5) is 0 Å². The molecule has 0 amide bonds. The highest BCUT2D eigenvalue weighted by Gasteiger charge is 2.22. The lowest BCUT2D eigenvalue weighted by Crippen LogP contribution is -2.43. The lowest BCUT2D eigenvalue weighted by molar-refractivity contribution is 0.219. The van der Waals surface area contributed by atoms with E-state index < -0.39 is 0 Å². The molecule has 0 radical (unpaired) electrons. The van der Waals surface area contributed by atoms with E-state index in [0.717, 1.165) is 19.0 Å². The van der Waals surface area contributed by atoms with Crippen LogP contribution in [0.1, 0.15) is 46.5 Å². The van der Waals surface area contributed by atoms with Crippen molar-refractivity contribution < 1.29 is 0 Å². The monoisotopic (exact) mass is 211 g/mol. The Morgan fingerprint density at radius 2 is 2.13 bits per heavy atom. The maximum Gasteiger partial charge on any atom is 0.188 e. The Morgan fingerprint density at radius 1 is 1.47 bits per heavy atom. The molecule has 1 aliphatic heterocycles. The summed E-state index contributed by atoms with van der Waals surface area (Å²) in [5, 5.41) is 7.44. The fourth-order valence-electron chi connectivity index (χ4n) is 2.16. The molecule has 0 saturated carbocycles. The van der Waals surface area contributed by atoms with E-state index in [1.165, 1.54) is 25.7 Å². The number of nitrogens with two attached hydrogens (primary N) is 1. The zero-order chi connectivity index (χ0) is 11.5. The van der Waals surface area contributed by atoms with Gasteiger partial charge >= 0.3 is 0 Å². The summed E-state index contributed by atoms with van der Waals surface area (Å²) in [6.07, 6.45) is 5.03. The summed E-state index contributed by atoms with van der Waals surface area (Å²) in [5.41, 5.74) is 5.95. The van der Waals surface area contributed by atoms with Gasteiger partial charge in [-0.3, -0.25) is 5.41 Å². The van der Waals surface area contributed by atoms with Crippen molar-refractivity contribution in [2.75, 3.05) is 13.1 Å². The molecule has 88 valence electrons. The molecule has 1 fully saturated rings. The largest absolute Gasteiger partial charge is 0.370 e. The number of guanidine groups is 1. The minimum absolute atomic E-state index is 0.246. The number of nitrogens with zero attached hydrogens (tertiary/aromatic N) is 1. The topological polar surface area (TPSA) is 53.1 Å². The number of piperidine rings is 1. The molecule has 0 aromatic carbocycles. The molecule has 3 nitrogen and oxygen atoms in total. The number of hydrogen-bond donors (Lipinski definition) is 2. The van der Waals surface area contributed by atoms with Gasteiger partial charge in [0, 0.05) is 13.1 Å². The molecule has 1 unspecified atom stereocenters. The van der Waals surface area contributed by atoms with Crippen LogP contribution in [-0.2, 0) is 0 Å². The Labute approximate surface area is 93.5 Å². The van der Waals surface area contributed by atoms with Crippen molar-refractivity contribution in [3.05, 3.63) is 0 Å². The summed E-state index contributed by atoms with van der Waals surface area (Å²) in [5.74, 6) is 0.984. The predicted molar refractivity (Wildman–Crippen MR) is 64.9 cm³/mol. The third-order valence-electron chi connectivity index (χ3n) is 3.16. The van der Waals surface area contributed by atoms with Crippen LogP contribution in [0.2, 0.25) is 0 Å². The van der Waals surface area contributed by atoms with E-state index in [9.17, 15) is 0 Å². The number of nitrogens with one attached hydrogen (secondary N) is 1. The number of hydrogen-bond acceptors (Lipinski definition) is 1. The molecule has 0 aromatic rings. The van der Waals surface area contributed by atoms with Crippen molar-refractivity contribution in [2.45, 2.75) is 46.5 Å². The van der Waals surface area contributed by atoms with Gasteiger partial charge in [-0.15, -0.1) is 0 Å². The predicted octanol–water partition coefficient (Wildman–Crippen LogP) is 2.42. The van der Waals surface area contributed by atoms with Crippen LogP contribution in [0.15, 0.2) is 0 Å². The molecule has 3 N–H and O–H groups in total. The zero-order valence-corrected chi connectivity index (χ0v) is 10.3. The van der Waals surface area contributed by atoms with E-state index in [1.54, 1.807) is 0 Å². The minimum Gasteiger partial charge on any atom is -0.370 e. The molecule has 0 aliphatic carbocycles. The van der Waals surface area contributed by atoms with Gasteiger partial charge in [0.2, 0.25) is 0 Å². The van der Waals surface area contributed by atoms with Crippen LogP contribution >= 0.6 is 0 Å². The van der Waals surface area contributed by atoms with E-state index in [1.807, 2.05) is 4.90 Å².